The van der Waals surface area contributed by atoms with Crippen molar-refractivity contribution >= 4 is 24.0 Å². The van der Waals surface area contributed by atoms with Gasteiger partial charge in [0.05, 0.1) is 6.10 Å². The second-order valence-electron chi connectivity index (χ2n) is 5.00. The van der Waals surface area contributed by atoms with E-state index in [4.69, 9.17) is 11.6 Å². The van der Waals surface area contributed by atoms with E-state index < -0.39 is 0 Å². The molecule has 1 unspecified atom stereocenters. The molecule has 0 bridgehead atoms. The molecule has 0 amide bonds. The van der Waals surface area contributed by atoms with Crippen LogP contribution in [0.4, 0.5) is 0 Å². The van der Waals surface area contributed by atoms with E-state index in [9.17, 15) is 5.11 Å². The predicted molar refractivity (Wildman–Crippen MR) is 71.9 cm³/mol. The van der Waals surface area contributed by atoms with E-state index in [0.29, 0.717) is 0 Å². The Labute approximate surface area is 113 Å². The van der Waals surface area contributed by atoms with Crippen molar-refractivity contribution in [1.82, 2.24) is 5.32 Å². The molecule has 2 aliphatic rings. The van der Waals surface area contributed by atoms with Gasteiger partial charge in [0.25, 0.3) is 0 Å². The Morgan fingerprint density at radius 1 is 1.29 bits per heavy atom. The van der Waals surface area contributed by atoms with Gasteiger partial charge in [0.1, 0.15) is 0 Å². The Balaban J connectivity index is 0.00000108. The molecule has 1 saturated heterocycles. The maximum atomic E-state index is 10.5. The van der Waals surface area contributed by atoms with Gasteiger partial charge < -0.3 is 10.4 Å². The molecule has 2 N–H and O–H groups in total. The van der Waals surface area contributed by atoms with Crippen LogP contribution < -0.4 is 5.32 Å². The zero-order valence-corrected chi connectivity index (χ0v) is 11.2. The lowest BCUT2D eigenvalue weighted by atomic mass is 9.74. The predicted octanol–water partition coefficient (Wildman–Crippen LogP) is 2.72. The first kappa shape index (κ1) is 13.2. The van der Waals surface area contributed by atoms with Crippen LogP contribution in [0.15, 0.2) is 18.2 Å². The Morgan fingerprint density at radius 3 is 2.65 bits per heavy atom. The summed E-state index contributed by atoms with van der Waals surface area (Å²) in [6.07, 6.45) is 2.69. The van der Waals surface area contributed by atoms with E-state index in [1.54, 1.807) is 0 Å². The minimum Gasteiger partial charge on any atom is -0.388 e. The molecule has 1 aliphatic carbocycles. The third kappa shape index (κ3) is 1.97. The molecule has 1 aliphatic heterocycles. The SMILES string of the molecule is Cl.OC1c2cccc(Cl)c2CC12CCNCC2. The number of halogens is 2. The summed E-state index contributed by atoms with van der Waals surface area (Å²) >= 11 is 6.21. The molecule has 0 aromatic heterocycles. The maximum Gasteiger partial charge on any atom is 0.0853 e. The summed E-state index contributed by atoms with van der Waals surface area (Å²) in [5.74, 6) is 0. The molecule has 1 atom stereocenters. The largest absolute Gasteiger partial charge is 0.388 e. The van der Waals surface area contributed by atoms with Crippen LogP contribution >= 0.6 is 24.0 Å². The summed E-state index contributed by atoms with van der Waals surface area (Å²) in [7, 11) is 0. The molecule has 0 radical (unpaired) electrons. The highest BCUT2D eigenvalue weighted by Crippen LogP contribution is 2.52. The van der Waals surface area contributed by atoms with Gasteiger partial charge in [0.2, 0.25) is 0 Å². The van der Waals surface area contributed by atoms with Gasteiger partial charge in [-0.1, -0.05) is 23.7 Å². The number of fused-ring (bicyclic) bond motifs is 1. The van der Waals surface area contributed by atoms with Crippen molar-refractivity contribution in [2.75, 3.05) is 13.1 Å². The van der Waals surface area contributed by atoms with Crippen LogP contribution in [0.3, 0.4) is 0 Å². The molecule has 4 heteroatoms. The lowest BCUT2D eigenvalue weighted by Gasteiger charge is -2.37. The van der Waals surface area contributed by atoms with Crippen LogP contribution in [0.5, 0.6) is 0 Å². The Bertz CT molecular complexity index is 416. The molecule has 1 fully saturated rings. The standard InChI is InChI=1S/C13H16ClNO.ClH/c14-11-3-1-2-9-10(11)8-13(12(9)16)4-6-15-7-5-13;/h1-3,12,15-16H,4-8H2;1H. The average molecular weight is 274 g/mol. The fourth-order valence-corrected chi connectivity index (χ4v) is 3.42. The monoisotopic (exact) mass is 273 g/mol. The number of hydrogen-bond acceptors (Lipinski definition) is 2. The summed E-state index contributed by atoms with van der Waals surface area (Å²) < 4.78 is 0. The summed E-state index contributed by atoms with van der Waals surface area (Å²) in [6.45, 7) is 2.01. The van der Waals surface area contributed by atoms with E-state index in [2.05, 4.69) is 5.32 Å². The van der Waals surface area contributed by atoms with Gasteiger partial charge in [-0.2, -0.15) is 0 Å². The normalized spacial score (nSPS) is 25.4. The van der Waals surface area contributed by atoms with E-state index in [0.717, 1.165) is 42.9 Å². The quantitative estimate of drug-likeness (QED) is 0.762. The molecule has 1 aromatic carbocycles. The van der Waals surface area contributed by atoms with Gasteiger partial charge in [-0.25, -0.2) is 0 Å². The van der Waals surface area contributed by atoms with Gasteiger partial charge in [-0.15, -0.1) is 12.4 Å². The third-order valence-corrected chi connectivity index (χ3v) is 4.51. The van der Waals surface area contributed by atoms with Crippen LogP contribution in [0.2, 0.25) is 5.02 Å². The van der Waals surface area contributed by atoms with Gasteiger partial charge in [-0.05, 0) is 49.5 Å². The number of aliphatic hydroxyl groups excluding tert-OH is 1. The lowest BCUT2D eigenvalue weighted by molar-refractivity contribution is 0.0150. The summed E-state index contributed by atoms with van der Waals surface area (Å²) in [5.41, 5.74) is 2.26. The van der Waals surface area contributed by atoms with Crippen molar-refractivity contribution in [2.45, 2.75) is 25.4 Å². The minimum absolute atomic E-state index is 0. The van der Waals surface area contributed by atoms with Crippen LogP contribution in [0.25, 0.3) is 0 Å². The molecule has 94 valence electrons. The van der Waals surface area contributed by atoms with Gasteiger partial charge in [-0.3, -0.25) is 0 Å². The molecular formula is C13H17Cl2NO. The number of aliphatic hydroxyl groups is 1. The highest BCUT2D eigenvalue weighted by atomic mass is 35.5. The van der Waals surface area contributed by atoms with E-state index in [1.165, 1.54) is 5.56 Å². The lowest BCUT2D eigenvalue weighted by Crippen LogP contribution is -2.39. The van der Waals surface area contributed by atoms with Gasteiger partial charge in [0.15, 0.2) is 0 Å². The first-order chi connectivity index (χ1) is 7.73. The van der Waals surface area contributed by atoms with Crippen molar-refractivity contribution in [3.63, 3.8) is 0 Å². The van der Waals surface area contributed by atoms with Gasteiger partial charge in [0, 0.05) is 10.4 Å². The third-order valence-electron chi connectivity index (χ3n) is 4.16. The zero-order chi connectivity index (χ0) is 11.2. The molecule has 3 rings (SSSR count). The van der Waals surface area contributed by atoms with Crippen LogP contribution in [-0.2, 0) is 6.42 Å². The molecule has 1 heterocycles. The number of hydrogen-bond donors (Lipinski definition) is 2. The molecule has 1 spiro atoms. The van der Waals surface area contributed by atoms with Gasteiger partial charge >= 0.3 is 0 Å². The number of benzene rings is 1. The number of piperidine rings is 1. The Kier molecular flexibility index (Phi) is 3.69. The van der Waals surface area contributed by atoms with Crippen molar-refractivity contribution in [1.29, 1.82) is 0 Å². The van der Waals surface area contributed by atoms with E-state index in [-0.39, 0.29) is 23.9 Å². The summed E-state index contributed by atoms with van der Waals surface area (Å²) in [5, 5.41) is 14.7. The van der Waals surface area contributed by atoms with Crippen molar-refractivity contribution in [3.05, 3.63) is 34.3 Å². The number of nitrogens with one attached hydrogen (secondary N) is 1. The minimum atomic E-state index is -0.330. The fraction of sp³-hybridized carbons (Fsp3) is 0.538. The first-order valence-electron chi connectivity index (χ1n) is 5.89. The Hall–Kier alpha value is -0.280. The van der Waals surface area contributed by atoms with Crippen LogP contribution in [-0.4, -0.2) is 18.2 Å². The summed E-state index contributed by atoms with van der Waals surface area (Å²) in [4.78, 5) is 0. The first-order valence-corrected chi connectivity index (χ1v) is 6.27. The molecule has 2 nitrogen and oxygen atoms in total. The second-order valence-corrected chi connectivity index (χ2v) is 5.41. The zero-order valence-electron chi connectivity index (χ0n) is 9.58. The summed E-state index contributed by atoms with van der Waals surface area (Å²) in [6, 6.07) is 5.88. The molecule has 0 saturated carbocycles. The van der Waals surface area contributed by atoms with E-state index in [1.807, 2.05) is 18.2 Å². The molecule has 1 aromatic rings. The molecule has 17 heavy (non-hydrogen) atoms. The van der Waals surface area contributed by atoms with E-state index >= 15 is 0 Å². The Morgan fingerprint density at radius 2 is 2.00 bits per heavy atom. The van der Waals surface area contributed by atoms with Crippen LogP contribution in [0.1, 0.15) is 30.1 Å². The maximum absolute atomic E-state index is 10.5. The fourth-order valence-electron chi connectivity index (χ4n) is 3.17. The van der Waals surface area contributed by atoms with Crippen molar-refractivity contribution in [3.8, 4) is 0 Å². The second kappa shape index (κ2) is 4.77. The topological polar surface area (TPSA) is 32.3 Å². The highest BCUT2D eigenvalue weighted by Gasteiger charge is 2.46. The smallest absolute Gasteiger partial charge is 0.0853 e. The molecular weight excluding hydrogens is 257 g/mol. The highest BCUT2D eigenvalue weighted by molar-refractivity contribution is 6.31. The van der Waals surface area contributed by atoms with Crippen LogP contribution in [0, 0.1) is 5.41 Å². The van der Waals surface area contributed by atoms with Crippen molar-refractivity contribution in [2.24, 2.45) is 5.41 Å². The van der Waals surface area contributed by atoms with Crippen molar-refractivity contribution < 1.29 is 5.11 Å². The average Bonchev–Trinajstić information content (AvgIpc) is 2.57. The number of rotatable bonds is 0.